The Balaban J connectivity index is 1.49. The van der Waals surface area contributed by atoms with Crippen LogP contribution in [0.25, 0.3) is 0 Å². The molecule has 1 amide bonds. The molecule has 0 bridgehead atoms. The summed E-state index contributed by atoms with van der Waals surface area (Å²) >= 11 is 1.86. The zero-order chi connectivity index (χ0) is 29.5. The first kappa shape index (κ1) is 33.1. The summed E-state index contributed by atoms with van der Waals surface area (Å²) in [6.07, 6.45) is 18.0. The van der Waals surface area contributed by atoms with Gasteiger partial charge in [0.05, 0.1) is 18.0 Å². The average Bonchev–Trinajstić information content (AvgIpc) is 3.35. The number of ether oxygens (including phenoxy) is 1. The first-order valence-corrected chi connectivity index (χ1v) is 17.0. The number of thioether (sulfide) groups is 1. The summed E-state index contributed by atoms with van der Waals surface area (Å²) in [5.41, 5.74) is 3.75. The van der Waals surface area contributed by atoms with Crippen LogP contribution in [-0.4, -0.2) is 23.3 Å². The third-order valence-electron chi connectivity index (χ3n) is 7.74. The molecule has 0 atom stereocenters. The molecule has 0 saturated carbocycles. The summed E-state index contributed by atoms with van der Waals surface area (Å²) in [6, 6.07) is 14.2. The van der Waals surface area contributed by atoms with E-state index in [1.165, 1.54) is 86.7 Å². The van der Waals surface area contributed by atoms with E-state index in [0.717, 1.165) is 24.5 Å². The number of nitrogens with one attached hydrogen (secondary N) is 1. The summed E-state index contributed by atoms with van der Waals surface area (Å²) in [5.74, 6) is 1.53. The maximum absolute atomic E-state index is 13.4. The number of benzene rings is 2. The van der Waals surface area contributed by atoms with Gasteiger partial charge in [-0.15, -0.1) is 11.8 Å². The zero-order valence-electron chi connectivity index (χ0n) is 26.4. The molecule has 1 aliphatic rings. The van der Waals surface area contributed by atoms with Crippen molar-refractivity contribution in [2.75, 3.05) is 17.8 Å². The molecule has 0 aliphatic carbocycles. The normalized spacial score (nSPS) is 13.4. The van der Waals surface area contributed by atoms with Gasteiger partial charge in [-0.3, -0.25) is 4.79 Å². The monoisotopic (exact) mass is 578 g/mol. The minimum absolute atomic E-state index is 0.0158. The van der Waals surface area contributed by atoms with E-state index < -0.39 is 0 Å². The molecule has 0 aromatic heterocycles. The fourth-order valence-electron chi connectivity index (χ4n) is 5.21. The van der Waals surface area contributed by atoms with E-state index in [1.807, 2.05) is 30.0 Å². The van der Waals surface area contributed by atoms with Gasteiger partial charge in [0.25, 0.3) is 5.91 Å². The Hall–Kier alpha value is -2.40. The topological polar surface area (TPSA) is 41.6 Å². The lowest BCUT2D eigenvalue weighted by Crippen LogP contribution is -2.17. The molecule has 4 nitrogen and oxygen atoms in total. The number of carbonyl (C=O) groups excluding carboxylic acids is 1. The molecule has 0 radical (unpaired) electrons. The molecule has 0 saturated heterocycles. The third-order valence-corrected chi connectivity index (χ3v) is 8.76. The van der Waals surface area contributed by atoms with Crippen molar-refractivity contribution in [1.29, 1.82) is 0 Å². The zero-order valence-corrected chi connectivity index (χ0v) is 27.2. The summed E-state index contributed by atoms with van der Waals surface area (Å²) < 4.78 is 6.27. The fraction of sp³-hybridized carbons (Fsp3) is 0.583. The van der Waals surface area contributed by atoms with E-state index in [1.54, 1.807) is 0 Å². The van der Waals surface area contributed by atoms with Crippen LogP contribution in [0, 0.1) is 0 Å². The van der Waals surface area contributed by atoms with Gasteiger partial charge in [0.15, 0.2) is 0 Å². The molecule has 5 heteroatoms. The number of allylic oxidation sites excluding steroid dienone is 1. The number of rotatable bonds is 18. The Kier molecular flexibility index (Phi) is 14.2. The molecule has 2 aromatic carbocycles. The highest BCUT2D eigenvalue weighted by molar-refractivity contribution is 8.03. The minimum atomic E-state index is -0.125. The van der Waals surface area contributed by atoms with Gasteiger partial charge >= 0.3 is 0 Å². The molecule has 0 fully saturated rings. The maximum atomic E-state index is 13.4. The van der Waals surface area contributed by atoms with Crippen molar-refractivity contribution in [2.24, 2.45) is 0 Å². The Morgan fingerprint density at radius 2 is 1.56 bits per heavy atom. The lowest BCUT2D eigenvalue weighted by Gasteiger charge is -2.21. The Morgan fingerprint density at radius 1 is 0.902 bits per heavy atom. The van der Waals surface area contributed by atoms with Crippen LogP contribution in [0.5, 0.6) is 5.75 Å². The van der Waals surface area contributed by atoms with E-state index >= 15 is 0 Å². The highest BCUT2D eigenvalue weighted by Gasteiger charge is 2.20. The molecule has 2 aromatic rings. The van der Waals surface area contributed by atoms with Gasteiger partial charge in [-0.1, -0.05) is 117 Å². The summed E-state index contributed by atoms with van der Waals surface area (Å²) in [5, 5.41) is 3.12. The number of hydrogen-bond acceptors (Lipinski definition) is 4. The van der Waals surface area contributed by atoms with Crippen molar-refractivity contribution in [3.8, 4) is 5.75 Å². The van der Waals surface area contributed by atoms with Crippen LogP contribution in [0.15, 0.2) is 53.6 Å². The highest BCUT2D eigenvalue weighted by atomic mass is 32.2. The second-order valence-corrected chi connectivity index (χ2v) is 13.8. The number of anilines is 1. The van der Waals surface area contributed by atoms with Crippen molar-refractivity contribution in [2.45, 2.75) is 124 Å². The molecule has 1 N–H and O–H groups in total. The van der Waals surface area contributed by atoms with Crippen LogP contribution in [0.4, 0.5) is 5.69 Å². The van der Waals surface area contributed by atoms with Crippen molar-refractivity contribution >= 4 is 23.4 Å². The van der Waals surface area contributed by atoms with E-state index in [0.29, 0.717) is 17.9 Å². The molecular weight excluding hydrogens is 524 g/mol. The van der Waals surface area contributed by atoms with Gasteiger partial charge in [0.1, 0.15) is 5.75 Å². The minimum Gasteiger partial charge on any atom is -0.493 e. The van der Waals surface area contributed by atoms with E-state index in [2.05, 4.69) is 75.3 Å². The van der Waals surface area contributed by atoms with Crippen LogP contribution >= 0.6 is 11.8 Å². The van der Waals surface area contributed by atoms with Gasteiger partial charge in [0, 0.05) is 18.4 Å². The van der Waals surface area contributed by atoms with Crippen molar-refractivity contribution in [3.63, 3.8) is 0 Å². The smallest absolute Gasteiger partial charge is 0.259 e. The maximum Gasteiger partial charge on any atom is 0.259 e. The van der Waals surface area contributed by atoms with Crippen LogP contribution in [0.2, 0.25) is 0 Å². The lowest BCUT2D eigenvalue weighted by molar-refractivity contribution is 0.102. The molecule has 1 aliphatic heterocycles. The van der Waals surface area contributed by atoms with Crippen molar-refractivity contribution < 1.29 is 9.53 Å². The van der Waals surface area contributed by atoms with Crippen LogP contribution < -0.4 is 10.1 Å². The van der Waals surface area contributed by atoms with E-state index in [9.17, 15) is 4.79 Å². The molecule has 226 valence electrons. The SMILES string of the molecule is CCCCCCCCCCCCCCOc1cc(C(C)(C)C)ccc1C(=O)Nc1cccc(CN2C=C(C)SC2)c1. The number of nitrogens with zero attached hydrogens (tertiary/aromatic N) is 1. The standard InChI is InChI=1S/C36H54N2O2S/c1-6-7-8-9-10-11-12-13-14-15-16-17-23-40-34-25-31(36(3,4)5)21-22-33(34)35(39)37-32-20-18-19-30(24-32)27-38-26-29(2)41-28-38/h18-22,24-26H,6-17,23,27-28H2,1-5H3,(H,37,39). The van der Waals surface area contributed by atoms with Gasteiger partial charge in [-0.25, -0.2) is 0 Å². The van der Waals surface area contributed by atoms with Gasteiger partial charge in [0.2, 0.25) is 0 Å². The average molecular weight is 579 g/mol. The van der Waals surface area contributed by atoms with Crippen LogP contribution in [0.1, 0.15) is 133 Å². The molecule has 0 spiro atoms. The molecule has 41 heavy (non-hydrogen) atoms. The number of unbranched alkanes of at least 4 members (excludes halogenated alkanes) is 11. The summed E-state index contributed by atoms with van der Waals surface area (Å²) in [7, 11) is 0. The second kappa shape index (κ2) is 17.5. The Bertz CT molecular complexity index is 1100. The Labute approximate surface area is 254 Å². The fourth-order valence-corrected chi connectivity index (χ4v) is 5.97. The van der Waals surface area contributed by atoms with Crippen LogP contribution in [-0.2, 0) is 12.0 Å². The predicted octanol–water partition coefficient (Wildman–Crippen LogP) is 10.7. The van der Waals surface area contributed by atoms with Crippen LogP contribution in [0.3, 0.4) is 0 Å². The van der Waals surface area contributed by atoms with Gasteiger partial charge < -0.3 is 15.0 Å². The largest absolute Gasteiger partial charge is 0.493 e. The first-order chi connectivity index (χ1) is 19.8. The molecular formula is C36H54N2O2S. The molecule has 1 heterocycles. The second-order valence-electron chi connectivity index (χ2n) is 12.6. The third kappa shape index (κ3) is 12.2. The van der Waals surface area contributed by atoms with E-state index in [-0.39, 0.29) is 11.3 Å². The van der Waals surface area contributed by atoms with Gasteiger partial charge in [-0.2, -0.15) is 0 Å². The lowest BCUT2D eigenvalue weighted by atomic mass is 9.86. The van der Waals surface area contributed by atoms with E-state index in [4.69, 9.17) is 4.74 Å². The Morgan fingerprint density at radius 3 is 2.17 bits per heavy atom. The number of carbonyl (C=O) groups is 1. The quantitative estimate of drug-likeness (QED) is 0.179. The number of hydrogen-bond donors (Lipinski definition) is 1. The predicted molar refractivity (Wildman–Crippen MR) is 178 cm³/mol. The molecule has 0 unspecified atom stereocenters. The van der Waals surface area contributed by atoms with Crippen molar-refractivity contribution in [3.05, 3.63) is 70.3 Å². The van der Waals surface area contributed by atoms with Crippen molar-refractivity contribution in [1.82, 2.24) is 4.90 Å². The summed E-state index contributed by atoms with van der Waals surface area (Å²) in [6.45, 7) is 12.5. The number of amides is 1. The van der Waals surface area contributed by atoms with Gasteiger partial charge in [-0.05, 0) is 59.1 Å². The highest BCUT2D eigenvalue weighted by Crippen LogP contribution is 2.30. The first-order valence-electron chi connectivity index (χ1n) is 16.0. The molecule has 3 rings (SSSR count). The summed E-state index contributed by atoms with van der Waals surface area (Å²) in [4.78, 5) is 17.1.